The molecule has 13 heteroatoms. The van der Waals surface area contributed by atoms with E-state index in [0.717, 1.165) is 5.69 Å². The van der Waals surface area contributed by atoms with Crippen molar-refractivity contribution in [2.75, 3.05) is 26.9 Å². The summed E-state index contributed by atoms with van der Waals surface area (Å²) in [5.74, 6) is -5.42. The van der Waals surface area contributed by atoms with E-state index in [0.29, 0.717) is 28.3 Å². The number of carbonyl (C=O) groups excluding carboxylic acids is 1. The smallest absolute Gasteiger partial charge is 0.333 e. The van der Waals surface area contributed by atoms with Gasteiger partial charge in [0.2, 0.25) is 5.79 Å². The van der Waals surface area contributed by atoms with E-state index in [9.17, 15) is 40.2 Å². The maximum absolute atomic E-state index is 12.5. The Hall–Kier alpha value is -3.04. The molecule has 5 rings (SSSR count). The van der Waals surface area contributed by atoms with Crippen molar-refractivity contribution in [3.63, 3.8) is 0 Å². The Morgan fingerprint density at radius 2 is 2.00 bits per heavy atom. The summed E-state index contributed by atoms with van der Waals surface area (Å²) in [5, 5.41) is 66.9. The zero-order chi connectivity index (χ0) is 33.6. The van der Waals surface area contributed by atoms with Gasteiger partial charge in [-0.15, -0.1) is 6.58 Å². The first kappa shape index (κ1) is 34.3. The number of carboxylic acids is 1. The average molecular weight is 647 g/mol. The second kappa shape index (κ2) is 12.9. The quantitative estimate of drug-likeness (QED) is 0.123. The Kier molecular flexibility index (Phi) is 9.60. The number of aromatic nitrogens is 1. The molecule has 0 amide bonds. The van der Waals surface area contributed by atoms with Gasteiger partial charge in [-0.2, -0.15) is 5.69 Å². The lowest BCUT2D eigenvalue weighted by molar-refractivity contribution is -0.434. The number of aliphatic hydroxyl groups is 5. The second-order valence-corrected chi connectivity index (χ2v) is 12.8. The van der Waals surface area contributed by atoms with Crippen molar-refractivity contribution >= 4 is 23.3 Å². The second-order valence-electron chi connectivity index (χ2n) is 12.8. The third-order valence-corrected chi connectivity index (χ3v) is 10.0. The lowest BCUT2D eigenvalue weighted by Crippen LogP contribution is -2.83. The van der Waals surface area contributed by atoms with Gasteiger partial charge in [0.1, 0.15) is 18.8 Å². The van der Waals surface area contributed by atoms with Crippen molar-refractivity contribution in [2.45, 2.75) is 93.6 Å². The van der Waals surface area contributed by atoms with E-state index in [2.05, 4.69) is 6.58 Å². The molecule has 0 aromatic carbocycles. The van der Waals surface area contributed by atoms with Crippen molar-refractivity contribution in [3.8, 4) is 0 Å². The normalized spacial score (nSPS) is 35.2. The first-order valence-electron chi connectivity index (χ1n) is 15.7. The maximum Gasteiger partial charge on any atom is 0.333 e. The molecule has 8 unspecified atom stereocenters. The summed E-state index contributed by atoms with van der Waals surface area (Å²) in [6, 6.07) is 1.92. The third kappa shape index (κ3) is 5.13. The molecule has 46 heavy (non-hydrogen) atoms. The molecule has 2 aliphatic carbocycles. The molecule has 13 nitrogen and oxygen atoms in total. The van der Waals surface area contributed by atoms with Crippen LogP contribution in [0.1, 0.15) is 64.0 Å². The molecule has 1 saturated heterocycles. The van der Waals surface area contributed by atoms with Crippen LogP contribution in [-0.2, 0) is 28.5 Å². The predicted molar refractivity (Wildman–Crippen MR) is 161 cm³/mol. The minimum absolute atomic E-state index is 0.0386. The van der Waals surface area contributed by atoms with Crippen molar-refractivity contribution < 1.29 is 59.2 Å². The third-order valence-electron chi connectivity index (χ3n) is 10.0. The van der Waals surface area contributed by atoms with Gasteiger partial charge < -0.3 is 54.6 Å². The average Bonchev–Trinajstić information content (AvgIpc) is 3.49. The Balaban J connectivity index is 1.61. The molecule has 1 spiro atoms. The van der Waals surface area contributed by atoms with E-state index in [1.165, 1.54) is 19.3 Å². The number of aliphatic hydroxyl groups excluding tert-OH is 4. The summed E-state index contributed by atoms with van der Waals surface area (Å²) >= 11 is 0. The number of ether oxygens (including phenoxy) is 4. The van der Waals surface area contributed by atoms with Gasteiger partial charge in [-0.1, -0.05) is 37.4 Å². The van der Waals surface area contributed by atoms with Crippen LogP contribution in [0.25, 0.3) is 11.3 Å². The van der Waals surface area contributed by atoms with E-state index in [1.54, 1.807) is 0 Å². The molecule has 4 aliphatic rings. The minimum Gasteiger partial charge on any atom is -0.658 e. The largest absolute Gasteiger partial charge is 0.658 e. The van der Waals surface area contributed by atoms with Crippen molar-refractivity contribution in [1.82, 2.24) is 4.98 Å². The van der Waals surface area contributed by atoms with Crippen LogP contribution in [0, 0.1) is 11.8 Å². The Morgan fingerprint density at radius 1 is 1.26 bits per heavy atom. The summed E-state index contributed by atoms with van der Waals surface area (Å²) < 4.78 is 24.3. The number of hydrogen-bond donors (Lipinski definition) is 6. The molecule has 8 atom stereocenters. The number of fused-ring (bicyclic) bond motifs is 2. The fraction of sp³-hybridized carbons (Fsp3) is 0.636. The highest BCUT2D eigenvalue weighted by Gasteiger charge is 2.75. The van der Waals surface area contributed by atoms with Gasteiger partial charge in [0.05, 0.1) is 32.0 Å². The monoisotopic (exact) mass is 646 g/mol. The van der Waals surface area contributed by atoms with Gasteiger partial charge in [-0.05, 0) is 42.4 Å². The molecule has 1 saturated carbocycles. The van der Waals surface area contributed by atoms with Crippen LogP contribution >= 0.6 is 0 Å². The number of aliphatic carboxylic acids is 1. The summed E-state index contributed by atoms with van der Waals surface area (Å²) in [6.45, 7) is 6.07. The van der Waals surface area contributed by atoms with E-state index in [1.807, 2.05) is 19.9 Å². The van der Waals surface area contributed by atoms with E-state index in [-0.39, 0.29) is 43.8 Å². The van der Waals surface area contributed by atoms with Crippen LogP contribution < -0.4 is 15.6 Å². The van der Waals surface area contributed by atoms with Crippen molar-refractivity contribution in [1.29, 1.82) is 0 Å². The number of rotatable bonds is 12. The van der Waals surface area contributed by atoms with Gasteiger partial charge in [0.15, 0.2) is 11.2 Å². The first-order valence-corrected chi connectivity index (χ1v) is 15.7. The SMILES string of the molecule is C=CC1C(OC2(CO)OC(CO)C34OC(CCCO)=c5[n-]c(C(C)C)cc5=C3CCC2(O)C4O)CC=C(C(=O)OC)C1CC(=O)O. The molecule has 1 aromatic rings. The van der Waals surface area contributed by atoms with E-state index >= 15 is 0 Å². The summed E-state index contributed by atoms with van der Waals surface area (Å²) in [7, 11) is 1.19. The van der Waals surface area contributed by atoms with E-state index in [4.69, 9.17) is 23.9 Å². The van der Waals surface area contributed by atoms with Crippen molar-refractivity contribution in [2.24, 2.45) is 11.8 Å². The summed E-state index contributed by atoms with van der Waals surface area (Å²) in [5.41, 5.74) is -2.53. The Morgan fingerprint density at radius 3 is 2.59 bits per heavy atom. The fourth-order valence-electron chi connectivity index (χ4n) is 7.73. The zero-order valence-electron chi connectivity index (χ0n) is 26.3. The molecule has 2 fully saturated rings. The molecule has 2 aliphatic heterocycles. The highest BCUT2D eigenvalue weighted by atomic mass is 16.7. The van der Waals surface area contributed by atoms with Crippen LogP contribution in [0.15, 0.2) is 30.4 Å². The van der Waals surface area contributed by atoms with Gasteiger partial charge in [0.25, 0.3) is 0 Å². The number of hydrogen-bond acceptors (Lipinski definition) is 11. The standard InChI is InChI=1S/C33H44NO12/c1-5-18-20(14-27(38)39)19(29(40)43-4)8-9-24(18)44-32(16-37)31(42)11-10-22-21-13-23(17(2)3)34-28(21)25(7-6-12-35)45-33(22,30(31)41)26(15-36)46-32/h5,8,13,17-18,20,24,26,30,35-37,41-42H,1,6-7,9-12,14-16H2,2-4H3,(H,38,39)/q-1. The molecular weight excluding hydrogens is 602 g/mol. The molecule has 0 radical (unpaired) electrons. The molecule has 3 heterocycles. The Labute approximate surface area is 266 Å². The molecular formula is C33H44NO12-. The highest BCUT2D eigenvalue weighted by Crippen LogP contribution is 2.57. The Bertz CT molecular complexity index is 1510. The highest BCUT2D eigenvalue weighted by molar-refractivity contribution is 5.90. The number of nitrogens with zero attached hydrogens (tertiary/aromatic N) is 1. The molecule has 1 aromatic heterocycles. The number of esters is 1. The van der Waals surface area contributed by atoms with Crippen LogP contribution in [0.3, 0.4) is 0 Å². The number of carbonyl (C=O) groups is 2. The topological polar surface area (TPSA) is 207 Å². The summed E-state index contributed by atoms with van der Waals surface area (Å²) in [6.07, 6.45) is -0.912. The van der Waals surface area contributed by atoms with Crippen LogP contribution in [0.4, 0.5) is 0 Å². The van der Waals surface area contributed by atoms with Gasteiger partial charge in [0, 0.05) is 30.4 Å². The lowest BCUT2D eigenvalue weighted by atomic mass is 9.61. The first-order chi connectivity index (χ1) is 21.9. The predicted octanol–water partition coefficient (Wildman–Crippen LogP) is -0.685. The number of methoxy groups -OCH3 is 1. The van der Waals surface area contributed by atoms with E-state index < -0.39 is 78.7 Å². The minimum atomic E-state index is -2.30. The number of carboxylic acid groups (broad SMARTS) is 1. The zero-order valence-corrected chi connectivity index (χ0v) is 26.3. The maximum atomic E-state index is 12.5. The van der Waals surface area contributed by atoms with Crippen LogP contribution in [0.5, 0.6) is 0 Å². The molecule has 2 bridgehead atoms. The lowest BCUT2D eigenvalue weighted by Gasteiger charge is -2.64. The molecule has 6 N–H and O–H groups in total. The van der Waals surface area contributed by atoms with Gasteiger partial charge in [-0.3, -0.25) is 4.79 Å². The van der Waals surface area contributed by atoms with Crippen LogP contribution in [0.2, 0.25) is 0 Å². The molecule has 254 valence electrons. The van der Waals surface area contributed by atoms with Gasteiger partial charge >= 0.3 is 11.9 Å². The van der Waals surface area contributed by atoms with Crippen LogP contribution in [-0.4, -0.2) is 105 Å². The van der Waals surface area contributed by atoms with Crippen molar-refractivity contribution in [3.05, 3.63) is 46.6 Å². The summed E-state index contributed by atoms with van der Waals surface area (Å²) in [4.78, 5) is 29.2. The fourth-order valence-corrected chi connectivity index (χ4v) is 7.73. The van der Waals surface area contributed by atoms with Gasteiger partial charge in [-0.25, -0.2) is 4.79 Å².